The van der Waals surface area contributed by atoms with Crippen LogP contribution in [0.4, 0.5) is 5.13 Å². The number of aliphatic imine (C=N–C) groups is 1. The first-order valence-corrected chi connectivity index (χ1v) is 9.03. The molecule has 5 nitrogen and oxygen atoms in total. The summed E-state index contributed by atoms with van der Waals surface area (Å²) < 4.78 is 0. The Morgan fingerprint density at radius 3 is 3.13 bits per heavy atom. The minimum Gasteiger partial charge on any atom is -0.356 e. The van der Waals surface area contributed by atoms with Crippen LogP contribution in [-0.2, 0) is 6.42 Å². The molecule has 23 heavy (non-hydrogen) atoms. The molecule has 4 rings (SSSR count). The van der Waals surface area contributed by atoms with Crippen LogP contribution >= 0.6 is 11.3 Å². The molecule has 1 aromatic heterocycles. The number of nitrogens with one attached hydrogen (secondary N) is 3. The summed E-state index contributed by atoms with van der Waals surface area (Å²) in [6.07, 6.45) is 3.38. The molecule has 0 radical (unpaired) electrons. The molecule has 2 heterocycles. The second kappa shape index (κ2) is 6.29. The Hall–Kier alpha value is -1.92. The van der Waals surface area contributed by atoms with E-state index in [0.29, 0.717) is 6.04 Å². The van der Waals surface area contributed by atoms with Crippen LogP contribution < -0.4 is 16.0 Å². The van der Waals surface area contributed by atoms with Gasteiger partial charge < -0.3 is 16.0 Å². The number of guanidine groups is 1. The van der Waals surface area contributed by atoms with E-state index in [-0.39, 0.29) is 0 Å². The summed E-state index contributed by atoms with van der Waals surface area (Å²) in [5, 5.41) is 13.0. The van der Waals surface area contributed by atoms with Crippen molar-refractivity contribution in [1.82, 2.24) is 15.6 Å². The summed E-state index contributed by atoms with van der Waals surface area (Å²) in [5.41, 5.74) is 5.19. The second-order valence-corrected chi connectivity index (χ2v) is 6.78. The minimum atomic E-state index is 0.474. The fraction of sp³-hybridized carbons (Fsp3) is 0.412. The zero-order valence-electron chi connectivity index (χ0n) is 13.2. The second-order valence-electron chi connectivity index (χ2n) is 5.93. The van der Waals surface area contributed by atoms with Crippen molar-refractivity contribution in [3.05, 3.63) is 34.7 Å². The summed E-state index contributed by atoms with van der Waals surface area (Å²) in [5.74, 6) is 0.839. The third-order valence-electron chi connectivity index (χ3n) is 4.52. The van der Waals surface area contributed by atoms with Crippen molar-refractivity contribution in [3.8, 4) is 11.3 Å². The number of hydrogen-bond donors (Lipinski definition) is 3. The van der Waals surface area contributed by atoms with E-state index in [9.17, 15) is 0 Å². The highest BCUT2D eigenvalue weighted by atomic mass is 32.1. The fourth-order valence-corrected chi connectivity index (χ4v) is 4.08. The Morgan fingerprint density at radius 2 is 2.30 bits per heavy atom. The van der Waals surface area contributed by atoms with Gasteiger partial charge in [0.15, 0.2) is 11.1 Å². The molecule has 0 fully saturated rings. The van der Waals surface area contributed by atoms with E-state index in [1.165, 1.54) is 23.1 Å². The molecule has 3 N–H and O–H groups in total. The number of benzene rings is 1. The van der Waals surface area contributed by atoms with Crippen LogP contribution in [-0.4, -0.2) is 31.1 Å². The normalized spacial score (nSPS) is 19.9. The highest BCUT2D eigenvalue weighted by molar-refractivity contribution is 7.14. The van der Waals surface area contributed by atoms with Gasteiger partial charge in [-0.25, -0.2) is 4.98 Å². The van der Waals surface area contributed by atoms with Gasteiger partial charge in [0.1, 0.15) is 0 Å². The first-order valence-electron chi connectivity index (χ1n) is 8.15. The number of aromatic nitrogens is 1. The molecule has 1 atom stereocenters. The minimum absolute atomic E-state index is 0.474. The summed E-state index contributed by atoms with van der Waals surface area (Å²) in [4.78, 5) is 9.21. The Balaban J connectivity index is 1.60. The number of nitrogens with zero attached hydrogens (tertiary/aromatic N) is 2. The Morgan fingerprint density at radius 1 is 1.35 bits per heavy atom. The van der Waals surface area contributed by atoms with Crippen molar-refractivity contribution in [2.45, 2.75) is 25.3 Å². The first kappa shape index (κ1) is 14.7. The molecule has 0 bridgehead atoms. The monoisotopic (exact) mass is 327 g/mol. The van der Waals surface area contributed by atoms with Gasteiger partial charge >= 0.3 is 0 Å². The smallest absolute Gasteiger partial charge is 0.197 e. The van der Waals surface area contributed by atoms with Gasteiger partial charge in [-0.15, -0.1) is 11.3 Å². The van der Waals surface area contributed by atoms with Gasteiger partial charge in [-0.1, -0.05) is 18.2 Å². The van der Waals surface area contributed by atoms with Gasteiger partial charge in [-0.3, -0.25) is 4.99 Å². The Labute approximate surface area is 140 Å². The molecule has 1 aromatic carbocycles. The molecule has 0 spiro atoms. The van der Waals surface area contributed by atoms with Crippen molar-refractivity contribution in [2.24, 2.45) is 4.99 Å². The van der Waals surface area contributed by atoms with Gasteiger partial charge in [-0.05, 0) is 37.4 Å². The molecule has 0 saturated carbocycles. The van der Waals surface area contributed by atoms with E-state index >= 15 is 0 Å². The van der Waals surface area contributed by atoms with E-state index in [0.717, 1.165) is 42.7 Å². The lowest BCUT2D eigenvalue weighted by atomic mass is 10.0. The molecule has 1 aliphatic carbocycles. The van der Waals surface area contributed by atoms with Crippen LogP contribution in [0.5, 0.6) is 0 Å². The molecule has 2 aliphatic rings. The van der Waals surface area contributed by atoms with Gasteiger partial charge in [-0.2, -0.15) is 0 Å². The summed E-state index contributed by atoms with van der Waals surface area (Å²) in [6.45, 7) is 1.85. The maximum Gasteiger partial charge on any atom is 0.197 e. The third kappa shape index (κ3) is 2.84. The van der Waals surface area contributed by atoms with Crippen LogP contribution in [0, 0.1) is 0 Å². The molecule has 0 amide bonds. The summed E-state index contributed by atoms with van der Waals surface area (Å²) in [7, 11) is 2.04. The average Bonchev–Trinajstić information content (AvgIpc) is 3.22. The zero-order valence-corrected chi connectivity index (χ0v) is 14.0. The lowest BCUT2D eigenvalue weighted by Crippen LogP contribution is -2.35. The Kier molecular flexibility index (Phi) is 4.01. The zero-order chi connectivity index (χ0) is 15.6. The number of hydrogen-bond acceptors (Lipinski definition) is 6. The van der Waals surface area contributed by atoms with Crippen LogP contribution in [0.25, 0.3) is 11.3 Å². The highest BCUT2D eigenvalue weighted by Gasteiger charge is 2.24. The van der Waals surface area contributed by atoms with E-state index in [2.05, 4.69) is 44.5 Å². The van der Waals surface area contributed by atoms with Gasteiger partial charge in [0.05, 0.1) is 5.69 Å². The molecular weight excluding hydrogens is 306 g/mol. The summed E-state index contributed by atoms with van der Waals surface area (Å²) in [6, 6.07) is 7.04. The van der Waals surface area contributed by atoms with Gasteiger partial charge in [0.2, 0.25) is 0 Å². The molecule has 0 saturated heterocycles. The third-order valence-corrected chi connectivity index (χ3v) is 5.28. The number of anilines is 1. The number of thiazole rings is 1. The van der Waals surface area contributed by atoms with Crippen molar-refractivity contribution in [3.63, 3.8) is 0 Å². The van der Waals surface area contributed by atoms with Crippen molar-refractivity contribution in [1.29, 1.82) is 0 Å². The molecular formula is C17H21N5S. The molecule has 120 valence electrons. The molecule has 6 heteroatoms. The lowest BCUT2D eigenvalue weighted by molar-refractivity contribution is 0.590. The van der Waals surface area contributed by atoms with Gasteiger partial charge in [0, 0.05) is 30.1 Å². The highest BCUT2D eigenvalue weighted by Crippen LogP contribution is 2.38. The van der Waals surface area contributed by atoms with Gasteiger partial charge in [0.25, 0.3) is 0 Å². The van der Waals surface area contributed by atoms with Crippen molar-refractivity contribution >= 4 is 22.4 Å². The molecule has 2 aromatic rings. The maximum atomic E-state index is 4.77. The summed E-state index contributed by atoms with van der Waals surface area (Å²) >= 11 is 1.63. The number of fused-ring (bicyclic) bond motifs is 1. The predicted octanol–water partition coefficient (Wildman–Crippen LogP) is 2.78. The average molecular weight is 327 g/mol. The SMILES string of the molecule is CNC1CCc2c(-c3csc(NC4=NCCCN4)n3)cccc21. The van der Waals surface area contributed by atoms with E-state index in [4.69, 9.17) is 4.98 Å². The van der Waals surface area contributed by atoms with Crippen molar-refractivity contribution in [2.75, 3.05) is 25.5 Å². The predicted molar refractivity (Wildman–Crippen MR) is 96.2 cm³/mol. The fourth-order valence-electron chi connectivity index (χ4n) is 3.37. The number of rotatable bonds is 3. The topological polar surface area (TPSA) is 61.3 Å². The van der Waals surface area contributed by atoms with Crippen LogP contribution in [0.3, 0.4) is 0 Å². The maximum absolute atomic E-state index is 4.77. The molecule has 1 aliphatic heterocycles. The first-order chi connectivity index (χ1) is 11.3. The van der Waals surface area contributed by atoms with Crippen LogP contribution in [0.2, 0.25) is 0 Å². The van der Waals surface area contributed by atoms with Crippen LogP contribution in [0.1, 0.15) is 30.0 Å². The van der Waals surface area contributed by atoms with Crippen molar-refractivity contribution < 1.29 is 0 Å². The standard InChI is InChI=1S/C17H21N5S/c1-18-14-7-6-11-12(14)4-2-5-13(11)15-10-23-17(21-15)22-16-19-8-3-9-20-16/h2,4-5,10,14,18H,3,6-9H2,1H3,(H2,19,20,21,22). The Bertz CT molecular complexity index is 736. The van der Waals surface area contributed by atoms with E-state index in [1.807, 2.05) is 7.05 Å². The van der Waals surface area contributed by atoms with Crippen LogP contribution in [0.15, 0.2) is 28.6 Å². The largest absolute Gasteiger partial charge is 0.356 e. The van der Waals surface area contributed by atoms with E-state index < -0.39 is 0 Å². The lowest BCUT2D eigenvalue weighted by Gasteiger charge is -2.14. The quantitative estimate of drug-likeness (QED) is 0.811. The van der Waals surface area contributed by atoms with E-state index in [1.54, 1.807) is 11.3 Å². The molecule has 1 unspecified atom stereocenters.